The van der Waals surface area contributed by atoms with Crippen LogP contribution in [-0.4, -0.2) is 31.1 Å². The molecule has 118 valence electrons. The van der Waals surface area contributed by atoms with Crippen LogP contribution in [0.15, 0.2) is 18.2 Å². The molecule has 1 aromatic rings. The van der Waals surface area contributed by atoms with Gasteiger partial charge in [-0.05, 0) is 57.1 Å². The van der Waals surface area contributed by atoms with E-state index < -0.39 is 0 Å². The summed E-state index contributed by atoms with van der Waals surface area (Å²) in [5, 5.41) is 4.89. The quantitative estimate of drug-likeness (QED) is 0.798. The lowest BCUT2D eigenvalue weighted by atomic mass is 10.0. The van der Waals surface area contributed by atoms with Gasteiger partial charge in [-0.25, -0.2) is 0 Å². The van der Waals surface area contributed by atoms with Crippen molar-refractivity contribution in [3.05, 3.63) is 33.8 Å². The summed E-state index contributed by atoms with van der Waals surface area (Å²) >= 11 is 12.5. The Morgan fingerprint density at radius 3 is 2.52 bits per heavy atom. The second-order valence-corrected chi connectivity index (χ2v) is 6.58. The maximum atomic E-state index is 6.39. The van der Waals surface area contributed by atoms with Gasteiger partial charge in [0.1, 0.15) is 0 Å². The lowest BCUT2D eigenvalue weighted by Gasteiger charge is -2.25. The first-order valence-electron chi connectivity index (χ1n) is 8.12. The first-order valence-corrected chi connectivity index (χ1v) is 8.87. The molecule has 2 rings (SSSR count). The van der Waals surface area contributed by atoms with Crippen molar-refractivity contribution in [1.29, 1.82) is 0 Å². The Kier molecular flexibility index (Phi) is 7.31. The van der Waals surface area contributed by atoms with Crippen molar-refractivity contribution >= 4 is 23.2 Å². The van der Waals surface area contributed by atoms with Gasteiger partial charge in [0.15, 0.2) is 0 Å². The first-order chi connectivity index (χ1) is 10.2. The molecule has 1 aliphatic rings. The molecule has 0 aliphatic carbocycles. The van der Waals surface area contributed by atoms with Crippen molar-refractivity contribution in [3.63, 3.8) is 0 Å². The van der Waals surface area contributed by atoms with Gasteiger partial charge in [-0.15, -0.1) is 0 Å². The third-order valence-electron chi connectivity index (χ3n) is 4.24. The Hall–Kier alpha value is -0.280. The van der Waals surface area contributed by atoms with Crippen LogP contribution < -0.4 is 5.32 Å². The van der Waals surface area contributed by atoms with Gasteiger partial charge in [-0.1, -0.05) is 55.1 Å². The summed E-state index contributed by atoms with van der Waals surface area (Å²) in [7, 11) is 0. The normalized spacial score (nSPS) is 18.4. The van der Waals surface area contributed by atoms with Gasteiger partial charge in [-0.3, -0.25) is 0 Å². The van der Waals surface area contributed by atoms with E-state index >= 15 is 0 Å². The van der Waals surface area contributed by atoms with Gasteiger partial charge in [0.05, 0.1) is 10.0 Å². The fourth-order valence-corrected chi connectivity index (χ4v) is 3.51. The highest BCUT2D eigenvalue weighted by Crippen LogP contribution is 2.31. The zero-order valence-electron chi connectivity index (χ0n) is 12.9. The molecule has 1 N–H and O–H groups in total. The third-order valence-corrected chi connectivity index (χ3v) is 5.07. The summed E-state index contributed by atoms with van der Waals surface area (Å²) < 4.78 is 0. The number of rotatable bonds is 6. The van der Waals surface area contributed by atoms with Crippen LogP contribution in [0.3, 0.4) is 0 Å². The average molecular weight is 329 g/mol. The van der Waals surface area contributed by atoms with Gasteiger partial charge in [0.25, 0.3) is 0 Å². The van der Waals surface area contributed by atoms with E-state index in [9.17, 15) is 0 Å². The van der Waals surface area contributed by atoms with E-state index in [4.69, 9.17) is 23.2 Å². The molecule has 4 heteroatoms. The molecule has 1 saturated heterocycles. The summed E-state index contributed by atoms with van der Waals surface area (Å²) in [6, 6.07) is 6.21. The highest BCUT2D eigenvalue weighted by molar-refractivity contribution is 6.42. The topological polar surface area (TPSA) is 15.3 Å². The van der Waals surface area contributed by atoms with Crippen molar-refractivity contribution in [2.75, 3.05) is 26.2 Å². The minimum atomic E-state index is 0.282. The third kappa shape index (κ3) is 5.14. The van der Waals surface area contributed by atoms with E-state index in [1.54, 1.807) is 0 Å². The molecule has 21 heavy (non-hydrogen) atoms. The number of nitrogens with one attached hydrogen (secondary N) is 1. The average Bonchev–Trinajstić information content (AvgIpc) is 2.75. The molecule has 1 aliphatic heterocycles. The summed E-state index contributed by atoms with van der Waals surface area (Å²) in [6.45, 7) is 6.68. The van der Waals surface area contributed by atoms with Crippen molar-refractivity contribution in [2.24, 2.45) is 0 Å². The van der Waals surface area contributed by atoms with Gasteiger partial charge in [0, 0.05) is 6.04 Å². The van der Waals surface area contributed by atoms with Crippen LogP contribution in [0, 0.1) is 0 Å². The molecule has 1 aromatic carbocycles. The molecule has 1 atom stereocenters. The largest absolute Gasteiger partial charge is 0.310 e. The molecule has 1 unspecified atom stereocenters. The summed E-state index contributed by atoms with van der Waals surface area (Å²) in [4.78, 5) is 2.59. The van der Waals surface area contributed by atoms with Crippen LogP contribution in [0.1, 0.15) is 50.6 Å². The van der Waals surface area contributed by atoms with E-state index in [0.29, 0.717) is 10.0 Å². The molecule has 1 fully saturated rings. The molecule has 0 amide bonds. The standard InChI is InChI=1S/C17H26Cl2N2/c1-2-20-16(14-8-7-9-15(18)17(14)19)10-13-21-11-5-3-4-6-12-21/h7-9,16,20H,2-6,10-13H2,1H3. The Morgan fingerprint density at radius 2 is 1.86 bits per heavy atom. The fraction of sp³-hybridized carbons (Fsp3) is 0.647. The number of hydrogen-bond acceptors (Lipinski definition) is 2. The first kappa shape index (κ1) is 17.1. The molecular formula is C17H26Cl2N2. The van der Waals surface area contributed by atoms with Crippen LogP contribution in [0.2, 0.25) is 10.0 Å². The molecule has 0 radical (unpaired) electrons. The Morgan fingerprint density at radius 1 is 1.14 bits per heavy atom. The van der Waals surface area contributed by atoms with Crippen molar-refractivity contribution < 1.29 is 0 Å². The minimum Gasteiger partial charge on any atom is -0.310 e. The number of benzene rings is 1. The molecule has 0 spiro atoms. The highest BCUT2D eigenvalue weighted by atomic mass is 35.5. The Bertz CT molecular complexity index is 429. The highest BCUT2D eigenvalue weighted by Gasteiger charge is 2.17. The zero-order chi connectivity index (χ0) is 15.1. The number of nitrogens with zero attached hydrogens (tertiary/aromatic N) is 1. The molecule has 2 nitrogen and oxygen atoms in total. The van der Waals surface area contributed by atoms with Gasteiger partial charge < -0.3 is 10.2 Å². The zero-order valence-corrected chi connectivity index (χ0v) is 14.4. The van der Waals surface area contributed by atoms with E-state index in [2.05, 4.69) is 23.2 Å². The van der Waals surface area contributed by atoms with Crippen LogP contribution in [0.5, 0.6) is 0 Å². The molecule has 0 bridgehead atoms. The SMILES string of the molecule is CCNC(CCN1CCCCCC1)c1cccc(Cl)c1Cl. The maximum absolute atomic E-state index is 6.39. The Labute approximate surface area is 138 Å². The van der Waals surface area contributed by atoms with Crippen LogP contribution >= 0.6 is 23.2 Å². The smallest absolute Gasteiger partial charge is 0.0640 e. The molecule has 0 aromatic heterocycles. The van der Waals surface area contributed by atoms with Crippen molar-refractivity contribution in [3.8, 4) is 0 Å². The maximum Gasteiger partial charge on any atom is 0.0640 e. The monoisotopic (exact) mass is 328 g/mol. The predicted molar refractivity (Wildman–Crippen MR) is 92.4 cm³/mol. The minimum absolute atomic E-state index is 0.282. The summed E-state index contributed by atoms with van der Waals surface area (Å²) in [6.07, 6.45) is 6.52. The van der Waals surface area contributed by atoms with Gasteiger partial charge in [0.2, 0.25) is 0 Å². The summed E-state index contributed by atoms with van der Waals surface area (Å²) in [5.41, 5.74) is 1.13. The van der Waals surface area contributed by atoms with Gasteiger partial charge in [-0.2, -0.15) is 0 Å². The molecular weight excluding hydrogens is 303 g/mol. The van der Waals surface area contributed by atoms with Crippen LogP contribution in [0.4, 0.5) is 0 Å². The van der Waals surface area contributed by atoms with E-state index in [0.717, 1.165) is 25.1 Å². The molecule has 0 saturated carbocycles. The number of hydrogen-bond donors (Lipinski definition) is 1. The summed E-state index contributed by atoms with van der Waals surface area (Å²) in [5.74, 6) is 0. The van der Waals surface area contributed by atoms with E-state index in [1.807, 2.05) is 12.1 Å². The number of likely N-dealkylation sites (tertiary alicyclic amines) is 1. The van der Waals surface area contributed by atoms with E-state index in [-0.39, 0.29) is 6.04 Å². The van der Waals surface area contributed by atoms with Gasteiger partial charge >= 0.3 is 0 Å². The predicted octanol–water partition coefficient (Wildman–Crippen LogP) is 4.91. The lowest BCUT2D eigenvalue weighted by Crippen LogP contribution is -2.30. The van der Waals surface area contributed by atoms with Crippen LogP contribution in [0.25, 0.3) is 0 Å². The second kappa shape index (κ2) is 8.99. The van der Waals surface area contributed by atoms with Crippen molar-refractivity contribution in [2.45, 2.75) is 45.1 Å². The molecule has 1 heterocycles. The van der Waals surface area contributed by atoms with E-state index in [1.165, 1.54) is 38.8 Å². The lowest BCUT2D eigenvalue weighted by molar-refractivity contribution is 0.266. The second-order valence-electron chi connectivity index (χ2n) is 5.80. The van der Waals surface area contributed by atoms with Crippen molar-refractivity contribution in [1.82, 2.24) is 10.2 Å². The Balaban J connectivity index is 1.99. The van der Waals surface area contributed by atoms with Crippen LogP contribution in [-0.2, 0) is 0 Å². The number of halogens is 2. The fourth-order valence-electron chi connectivity index (χ4n) is 3.07.